The Hall–Kier alpha value is -2.88. The maximum atomic E-state index is 12.6. The molecule has 0 spiro atoms. The van der Waals surface area contributed by atoms with Crippen molar-refractivity contribution in [2.45, 2.75) is 0 Å². The molecule has 0 atom stereocenters. The maximum Gasteiger partial charge on any atom is 0.266 e. The number of thioether (sulfide) groups is 1. The van der Waals surface area contributed by atoms with Gasteiger partial charge in [0, 0.05) is 13.1 Å². The Labute approximate surface area is 189 Å². The molecule has 0 bridgehead atoms. The largest absolute Gasteiger partial charge is 0.298 e. The lowest BCUT2D eigenvalue weighted by Crippen LogP contribution is -2.53. The van der Waals surface area contributed by atoms with Crippen LogP contribution < -0.4 is 5.32 Å². The highest BCUT2D eigenvalue weighted by atomic mass is 32.2. The molecule has 6 nitrogen and oxygen atoms in total. The Morgan fingerprint density at radius 3 is 2.07 bits per heavy atom. The summed E-state index contributed by atoms with van der Waals surface area (Å²) in [5.41, 5.74) is 1.45. The van der Waals surface area contributed by atoms with E-state index >= 15 is 0 Å². The van der Waals surface area contributed by atoms with Gasteiger partial charge in [0.15, 0.2) is 5.11 Å². The summed E-state index contributed by atoms with van der Waals surface area (Å²) in [4.78, 5) is 40.5. The summed E-state index contributed by atoms with van der Waals surface area (Å²) >= 11 is 11.5. The van der Waals surface area contributed by atoms with Crippen LogP contribution in [0.1, 0.15) is 11.1 Å². The van der Waals surface area contributed by atoms with E-state index in [0.29, 0.717) is 21.3 Å². The van der Waals surface area contributed by atoms with Gasteiger partial charge in [-0.05, 0) is 35.5 Å². The molecule has 0 saturated carbocycles. The van der Waals surface area contributed by atoms with E-state index in [2.05, 4.69) is 18.5 Å². The van der Waals surface area contributed by atoms with Gasteiger partial charge in [-0.1, -0.05) is 60.4 Å². The van der Waals surface area contributed by atoms with E-state index in [1.807, 2.05) is 0 Å². The van der Waals surface area contributed by atoms with Crippen LogP contribution >= 0.6 is 36.2 Å². The van der Waals surface area contributed by atoms with Crippen LogP contribution in [0.5, 0.6) is 0 Å². The quantitative estimate of drug-likeness (QED) is 0.308. The molecular formula is C21H17N3O3S3. The number of rotatable bonds is 6. The first kappa shape index (κ1) is 21.8. The van der Waals surface area contributed by atoms with Gasteiger partial charge in [-0.25, -0.2) is 0 Å². The lowest BCUT2D eigenvalue weighted by atomic mass is 10.1. The molecule has 30 heavy (non-hydrogen) atoms. The standard InChI is InChI=1S/C21H17N3O3S3/c1-3-9-23-18(26)15(17(25)22-20(23)28)11-13-5-7-14(8-6-13)12-16-19(27)24(10-4-2)21(29)30-16/h3-8,11-12H,1-2,9-10H2,(H,22,25,28). The zero-order valence-electron chi connectivity index (χ0n) is 15.8. The van der Waals surface area contributed by atoms with Gasteiger partial charge in [-0.3, -0.25) is 29.5 Å². The predicted octanol–water partition coefficient (Wildman–Crippen LogP) is 2.89. The molecule has 2 aliphatic rings. The van der Waals surface area contributed by atoms with Crippen LogP contribution in [0.3, 0.4) is 0 Å². The van der Waals surface area contributed by atoms with Gasteiger partial charge in [0.05, 0.1) is 4.91 Å². The fraction of sp³-hybridized carbons (Fsp3) is 0.0952. The highest BCUT2D eigenvalue weighted by Gasteiger charge is 2.33. The van der Waals surface area contributed by atoms with Gasteiger partial charge in [0.1, 0.15) is 9.89 Å². The van der Waals surface area contributed by atoms with Crippen LogP contribution in [-0.2, 0) is 14.4 Å². The molecule has 0 aliphatic carbocycles. The van der Waals surface area contributed by atoms with Crippen molar-refractivity contribution in [3.63, 3.8) is 0 Å². The number of nitrogens with one attached hydrogen (secondary N) is 1. The third kappa shape index (κ3) is 4.48. The van der Waals surface area contributed by atoms with E-state index in [0.717, 1.165) is 5.56 Å². The number of hydrogen-bond acceptors (Lipinski definition) is 6. The lowest BCUT2D eigenvalue weighted by Gasteiger charge is -2.27. The number of carbonyl (C=O) groups is 3. The normalized spacial score (nSPS) is 19.7. The number of nitrogens with zero attached hydrogens (tertiary/aromatic N) is 2. The number of hydrogen-bond donors (Lipinski definition) is 1. The van der Waals surface area contributed by atoms with E-state index in [4.69, 9.17) is 24.4 Å². The third-order valence-corrected chi connectivity index (χ3v) is 5.93. The second-order valence-electron chi connectivity index (χ2n) is 6.27. The molecule has 9 heteroatoms. The Bertz CT molecular complexity index is 1040. The Kier molecular flexibility index (Phi) is 6.76. The first-order valence-electron chi connectivity index (χ1n) is 8.81. The first-order chi connectivity index (χ1) is 14.3. The average molecular weight is 456 g/mol. The number of amides is 3. The molecular weight excluding hydrogens is 438 g/mol. The van der Waals surface area contributed by atoms with Crippen LogP contribution in [0.15, 0.2) is 60.1 Å². The summed E-state index contributed by atoms with van der Waals surface area (Å²) in [7, 11) is 0. The summed E-state index contributed by atoms with van der Waals surface area (Å²) < 4.78 is 0.497. The second kappa shape index (κ2) is 9.29. The molecule has 2 heterocycles. The number of thiocarbonyl (C=S) groups is 2. The zero-order chi connectivity index (χ0) is 21.8. The van der Waals surface area contributed by atoms with Crippen molar-refractivity contribution < 1.29 is 14.4 Å². The maximum absolute atomic E-state index is 12.6. The van der Waals surface area contributed by atoms with Gasteiger partial charge in [-0.2, -0.15) is 0 Å². The molecule has 3 rings (SSSR count). The Balaban J connectivity index is 1.81. The van der Waals surface area contributed by atoms with Crippen LogP contribution in [-0.4, -0.2) is 50.0 Å². The molecule has 0 unspecified atom stereocenters. The minimum absolute atomic E-state index is 0.0107. The molecule has 1 N–H and O–H groups in total. The lowest BCUT2D eigenvalue weighted by molar-refractivity contribution is -0.128. The van der Waals surface area contributed by atoms with Crippen molar-refractivity contribution in [3.05, 3.63) is 71.2 Å². The van der Waals surface area contributed by atoms with Crippen molar-refractivity contribution in [3.8, 4) is 0 Å². The monoisotopic (exact) mass is 455 g/mol. The topological polar surface area (TPSA) is 69.7 Å². The van der Waals surface area contributed by atoms with Gasteiger partial charge in [-0.15, -0.1) is 13.2 Å². The number of carbonyl (C=O) groups excluding carboxylic acids is 3. The van der Waals surface area contributed by atoms with E-state index in [-0.39, 0.29) is 23.1 Å². The minimum atomic E-state index is -0.541. The second-order valence-corrected chi connectivity index (χ2v) is 8.33. The van der Waals surface area contributed by atoms with E-state index in [1.54, 1.807) is 36.4 Å². The van der Waals surface area contributed by atoms with Crippen molar-refractivity contribution in [2.24, 2.45) is 0 Å². The van der Waals surface area contributed by atoms with Crippen molar-refractivity contribution >= 4 is 75.5 Å². The summed E-state index contributed by atoms with van der Waals surface area (Å²) in [5, 5.41) is 2.57. The van der Waals surface area contributed by atoms with Crippen molar-refractivity contribution in [2.75, 3.05) is 13.1 Å². The highest BCUT2D eigenvalue weighted by molar-refractivity contribution is 8.26. The summed E-state index contributed by atoms with van der Waals surface area (Å²) in [6, 6.07) is 7.11. The van der Waals surface area contributed by atoms with Gasteiger partial charge in [0.25, 0.3) is 17.7 Å². The molecule has 152 valence electrons. The Morgan fingerprint density at radius 2 is 1.47 bits per heavy atom. The number of benzene rings is 1. The molecule has 1 aromatic carbocycles. The molecule has 1 aromatic rings. The fourth-order valence-corrected chi connectivity index (χ4v) is 4.31. The summed E-state index contributed by atoms with van der Waals surface area (Å²) in [5.74, 6) is -1.17. The smallest absolute Gasteiger partial charge is 0.266 e. The van der Waals surface area contributed by atoms with Crippen LogP contribution in [0.4, 0.5) is 0 Å². The summed E-state index contributed by atoms with van der Waals surface area (Å²) in [6.45, 7) is 7.81. The predicted molar refractivity (Wildman–Crippen MR) is 127 cm³/mol. The SMILES string of the molecule is C=CCN1C(=O)C(=Cc2ccc(C=C3SC(=S)N(CC=C)C3=O)cc2)C(=O)NC1=S. The Morgan fingerprint density at radius 1 is 0.900 bits per heavy atom. The molecule has 0 aromatic heterocycles. The van der Waals surface area contributed by atoms with Gasteiger partial charge in [0.2, 0.25) is 0 Å². The van der Waals surface area contributed by atoms with Crippen LogP contribution in [0.2, 0.25) is 0 Å². The van der Waals surface area contributed by atoms with E-state index < -0.39 is 11.8 Å². The van der Waals surface area contributed by atoms with Crippen molar-refractivity contribution in [1.82, 2.24) is 15.1 Å². The van der Waals surface area contributed by atoms with E-state index in [9.17, 15) is 14.4 Å². The van der Waals surface area contributed by atoms with Crippen molar-refractivity contribution in [1.29, 1.82) is 0 Å². The minimum Gasteiger partial charge on any atom is -0.298 e. The van der Waals surface area contributed by atoms with Gasteiger partial charge >= 0.3 is 0 Å². The molecule has 2 fully saturated rings. The molecule has 0 radical (unpaired) electrons. The third-order valence-electron chi connectivity index (χ3n) is 4.23. The van der Waals surface area contributed by atoms with E-state index in [1.165, 1.54) is 33.7 Å². The van der Waals surface area contributed by atoms with Crippen LogP contribution in [0.25, 0.3) is 12.2 Å². The highest BCUT2D eigenvalue weighted by Crippen LogP contribution is 2.32. The van der Waals surface area contributed by atoms with Crippen LogP contribution in [0, 0.1) is 0 Å². The average Bonchev–Trinajstić information content (AvgIpc) is 2.97. The fourth-order valence-electron chi connectivity index (χ4n) is 2.78. The summed E-state index contributed by atoms with van der Waals surface area (Å²) in [6.07, 6.45) is 6.41. The molecule has 2 aliphatic heterocycles. The zero-order valence-corrected chi connectivity index (χ0v) is 18.2. The van der Waals surface area contributed by atoms with Gasteiger partial charge < -0.3 is 0 Å². The first-order valence-corrected chi connectivity index (χ1v) is 10.4. The molecule has 3 amide bonds. The molecule has 2 saturated heterocycles.